The van der Waals surface area contributed by atoms with Crippen LogP contribution in [0.1, 0.15) is 47.5 Å². The van der Waals surface area contributed by atoms with E-state index in [1.807, 2.05) is 18.3 Å². The van der Waals surface area contributed by atoms with Gasteiger partial charge in [-0.2, -0.15) is 0 Å². The number of nitrogens with zero attached hydrogens (tertiary/aromatic N) is 2. The number of anilines is 1. The highest BCUT2D eigenvalue weighted by molar-refractivity contribution is 5.53. The van der Waals surface area contributed by atoms with Crippen molar-refractivity contribution in [3.05, 3.63) is 18.3 Å². The van der Waals surface area contributed by atoms with E-state index in [-0.39, 0.29) is 11.6 Å². The summed E-state index contributed by atoms with van der Waals surface area (Å²) >= 11 is 0. The Morgan fingerprint density at radius 1 is 1.43 bits per heavy atom. The van der Waals surface area contributed by atoms with Crippen LogP contribution in [0.15, 0.2) is 18.3 Å². The predicted octanol–water partition coefficient (Wildman–Crippen LogP) is 3.23. The topological polar surface area (TPSA) is 37.4 Å². The fourth-order valence-electron chi connectivity index (χ4n) is 2.69. The molecular formula is C17H29N3O. The second kappa shape index (κ2) is 6.65. The number of ether oxygens (including phenoxy) is 1. The molecule has 1 N–H and O–H groups in total. The zero-order chi connectivity index (χ0) is 15.5. The largest absolute Gasteiger partial charge is 0.487 e. The first-order chi connectivity index (χ1) is 9.87. The molecule has 0 bridgehead atoms. The maximum Gasteiger partial charge on any atom is 0.171 e. The van der Waals surface area contributed by atoms with E-state index in [9.17, 15) is 0 Å². The van der Waals surface area contributed by atoms with Crippen LogP contribution in [-0.4, -0.2) is 35.8 Å². The van der Waals surface area contributed by atoms with Gasteiger partial charge in [0.25, 0.3) is 0 Å². The van der Waals surface area contributed by atoms with Crippen molar-refractivity contribution in [1.29, 1.82) is 0 Å². The molecule has 2 rings (SSSR count). The van der Waals surface area contributed by atoms with Crippen molar-refractivity contribution in [2.75, 3.05) is 18.0 Å². The summed E-state index contributed by atoms with van der Waals surface area (Å²) in [6.45, 7) is 12.8. The number of nitrogens with one attached hydrogen (secondary N) is 1. The van der Waals surface area contributed by atoms with Crippen LogP contribution in [0, 0.1) is 0 Å². The maximum absolute atomic E-state index is 5.93. The Morgan fingerprint density at radius 3 is 2.86 bits per heavy atom. The number of pyridine rings is 1. The lowest BCUT2D eigenvalue weighted by Gasteiger charge is -2.30. The Balaban J connectivity index is 2.12. The molecule has 1 saturated heterocycles. The molecule has 0 radical (unpaired) electrons. The van der Waals surface area contributed by atoms with Gasteiger partial charge in [-0.1, -0.05) is 0 Å². The molecule has 21 heavy (non-hydrogen) atoms. The van der Waals surface area contributed by atoms with Crippen molar-refractivity contribution in [1.82, 2.24) is 10.3 Å². The van der Waals surface area contributed by atoms with Gasteiger partial charge in [0.15, 0.2) is 11.6 Å². The van der Waals surface area contributed by atoms with Crippen LogP contribution in [0.25, 0.3) is 0 Å². The Kier molecular flexibility index (Phi) is 5.09. The summed E-state index contributed by atoms with van der Waals surface area (Å²) in [5.41, 5.74) is 0.148. The molecule has 1 aliphatic heterocycles. The monoisotopic (exact) mass is 291 g/mol. The number of hydrogen-bond acceptors (Lipinski definition) is 4. The number of aromatic nitrogens is 1. The van der Waals surface area contributed by atoms with Crippen molar-refractivity contribution >= 4 is 5.82 Å². The lowest BCUT2D eigenvalue weighted by molar-refractivity contribution is 0.241. The van der Waals surface area contributed by atoms with E-state index in [0.717, 1.165) is 24.7 Å². The summed E-state index contributed by atoms with van der Waals surface area (Å²) in [5, 5.41) is 3.61. The fourth-order valence-corrected chi connectivity index (χ4v) is 2.69. The first-order valence-electron chi connectivity index (χ1n) is 8.00. The first kappa shape index (κ1) is 16.1. The molecule has 1 unspecified atom stereocenters. The first-order valence-corrected chi connectivity index (χ1v) is 8.00. The minimum absolute atomic E-state index is 0.148. The number of hydrogen-bond donors (Lipinski definition) is 1. The van der Waals surface area contributed by atoms with Crippen LogP contribution in [0.2, 0.25) is 0 Å². The molecule has 4 nitrogen and oxygen atoms in total. The van der Waals surface area contributed by atoms with E-state index < -0.39 is 0 Å². The summed E-state index contributed by atoms with van der Waals surface area (Å²) in [7, 11) is 0. The van der Waals surface area contributed by atoms with E-state index in [0.29, 0.717) is 6.04 Å². The Morgan fingerprint density at radius 2 is 2.19 bits per heavy atom. The third kappa shape index (κ3) is 4.60. The number of rotatable bonds is 5. The highest BCUT2D eigenvalue weighted by atomic mass is 16.5. The minimum atomic E-state index is 0.148. The molecule has 0 saturated carbocycles. The molecule has 1 fully saturated rings. The average molecular weight is 291 g/mol. The van der Waals surface area contributed by atoms with Gasteiger partial charge >= 0.3 is 0 Å². The molecule has 4 heteroatoms. The highest BCUT2D eigenvalue weighted by Crippen LogP contribution is 2.32. The van der Waals surface area contributed by atoms with E-state index in [1.54, 1.807) is 0 Å². The van der Waals surface area contributed by atoms with Crippen LogP contribution in [0.4, 0.5) is 5.82 Å². The van der Waals surface area contributed by atoms with Crippen LogP contribution >= 0.6 is 0 Å². The third-order valence-corrected chi connectivity index (χ3v) is 3.63. The van der Waals surface area contributed by atoms with Crippen LogP contribution < -0.4 is 15.0 Å². The minimum Gasteiger partial charge on any atom is -0.487 e. The second-order valence-corrected chi connectivity index (χ2v) is 7.11. The van der Waals surface area contributed by atoms with Crippen LogP contribution in [0.5, 0.6) is 5.75 Å². The molecule has 118 valence electrons. The van der Waals surface area contributed by atoms with Gasteiger partial charge in [-0.3, -0.25) is 0 Å². The summed E-state index contributed by atoms with van der Waals surface area (Å²) in [5.74, 6) is 1.89. The normalized spacial score (nSPS) is 19.3. The smallest absolute Gasteiger partial charge is 0.171 e. The van der Waals surface area contributed by atoms with Crippen molar-refractivity contribution in [3.63, 3.8) is 0 Å². The van der Waals surface area contributed by atoms with Crippen LogP contribution in [-0.2, 0) is 0 Å². The molecule has 0 amide bonds. The SMILES string of the molecule is CC(C)Oc1cccnc1N1CCCC1CNC(C)(C)C. The van der Waals surface area contributed by atoms with E-state index in [4.69, 9.17) is 4.74 Å². The molecule has 2 heterocycles. The van der Waals surface area contributed by atoms with Gasteiger partial charge in [-0.25, -0.2) is 4.98 Å². The highest BCUT2D eigenvalue weighted by Gasteiger charge is 2.28. The van der Waals surface area contributed by atoms with Crippen molar-refractivity contribution in [3.8, 4) is 5.75 Å². The van der Waals surface area contributed by atoms with Gasteiger partial charge in [0.2, 0.25) is 0 Å². The van der Waals surface area contributed by atoms with Gasteiger partial charge in [0.05, 0.1) is 6.10 Å². The van der Waals surface area contributed by atoms with Gasteiger partial charge in [0, 0.05) is 30.9 Å². The Labute approximate surface area is 128 Å². The molecule has 1 aliphatic rings. The van der Waals surface area contributed by atoms with E-state index in [1.165, 1.54) is 12.8 Å². The lowest BCUT2D eigenvalue weighted by atomic mass is 10.1. The molecule has 0 spiro atoms. The molecule has 1 aromatic rings. The maximum atomic E-state index is 5.93. The Hall–Kier alpha value is -1.29. The average Bonchev–Trinajstić information content (AvgIpc) is 2.83. The van der Waals surface area contributed by atoms with Crippen molar-refractivity contribution in [2.24, 2.45) is 0 Å². The zero-order valence-corrected chi connectivity index (χ0v) is 14.0. The quantitative estimate of drug-likeness (QED) is 0.904. The van der Waals surface area contributed by atoms with Crippen LogP contribution in [0.3, 0.4) is 0 Å². The van der Waals surface area contributed by atoms with Gasteiger partial charge in [0.1, 0.15) is 0 Å². The lowest BCUT2D eigenvalue weighted by Crippen LogP contribution is -2.45. The second-order valence-electron chi connectivity index (χ2n) is 7.11. The van der Waals surface area contributed by atoms with Gasteiger partial charge < -0.3 is 15.0 Å². The summed E-state index contributed by atoms with van der Waals surface area (Å²) < 4.78 is 5.93. The molecule has 1 aromatic heterocycles. The van der Waals surface area contributed by atoms with Crippen molar-refractivity contribution in [2.45, 2.75) is 65.1 Å². The third-order valence-electron chi connectivity index (χ3n) is 3.63. The van der Waals surface area contributed by atoms with Gasteiger partial charge in [-0.05, 0) is 59.6 Å². The molecule has 0 aromatic carbocycles. The Bertz CT molecular complexity index is 454. The summed E-state index contributed by atoms with van der Waals surface area (Å²) in [6.07, 6.45) is 4.45. The zero-order valence-electron chi connectivity index (χ0n) is 14.0. The molecule has 0 aliphatic carbocycles. The van der Waals surface area contributed by atoms with E-state index >= 15 is 0 Å². The fraction of sp³-hybridized carbons (Fsp3) is 0.706. The predicted molar refractivity (Wildman–Crippen MR) is 88.1 cm³/mol. The van der Waals surface area contributed by atoms with Gasteiger partial charge in [-0.15, -0.1) is 0 Å². The summed E-state index contributed by atoms with van der Waals surface area (Å²) in [4.78, 5) is 6.98. The molecular weight excluding hydrogens is 262 g/mol. The molecule has 1 atom stereocenters. The van der Waals surface area contributed by atoms with Crippen molar-refractivity contribution < 1.29 is 4.74 Å². The van der Waals surface area contributed by atoms with E-state index in [2.05, 4.69) is 49.8 Å². The summed E-state index contributed by atoms with van der Waals surface area (Å²) in [6, 6.07) is 4.46. The standard InChI is InChI=1S/C17H29N3O/c1-13(2)21-15-9-6-10-18-16(15)20-11-7-8-14(20)12-19-17(3,4)5/h6,9-10,13-14,19H,7-8,11-12H2,1-5H3.